The summed E-state index contributed by atoms with van der Waals surface area (Å²) < 4.78 is 7.04. The lowest BCUT2D eigenvalue weighted by Gasteiger charge is -2.44. The second kappa shape index (κ2) is 11.3. The average Bonchev–Trinajstić information content (AvgIpc) is 3.41. The quantitative estimate of drug-likeness (QED) is 0.502. The highest BCUT2D eigenvalue weighted by atomic mass is 16.5. The van der Waals surface area contributed by atoms with Crippen molar-refractivity contribution >= 4 is 11.9 Å². The normalized spacial score (nSPS) is 22.5. The van der Waals surface area contributed by atoms with Crippen LogP contribution in [-0.2, 0) is 16.1 Å². The highest BCUT2D eigenvalue weighted by Crippen LogP contribution is 2.39. The predicted molar refractivity (Wildman–Crippen MR) is 137 cm³/mol. The summed E-state index contributed by atoms with van der Waals surface area (Å²) in [4.78, 5) is 27.8. The van der Waals surface area contributed by atoms with Crippen LogP contribution in [0.3, 0.4) is 0 Å². The predicted octanol–water partition coefficient (Wildman–Crippen LogP) is 4.40. The number of hydrogen-bond acceptors (Lipinski definition) is 6. The van der Waals surface area contributed by atoms with E-state index in [0.717, 1.165) is 36.8 Å². The van der Waals surface area contributed by atoms with Crippen LogP contribution >= 0.6 is 0 Å². The van der Waals surface area contributed by atoms with E-state index >= 15 is 0 Å². The Morgan fingerprint density at radius 3 is 2.49 bits per heavy atom. The number of aliphatic hydroxyl groups is 1. The van der Waals surface area contributed by atoms with E-state index in [1.54, 1.807) is 35.1 Å². The maximum atomic E-state index is 13.6. The molecule has 0 unspecified atom stereocenters. The van der Waals surface area contributed by atoms with E-state index in [0.29, 0.717) is 17.7 Å². The van der Waals surface area contributed by atoms with Crippen molar-refractivity contribution in [2.75, 3.05) is 6.54 Å². The molecule has 3 aromatic rings. The molecule has 0 spiro atoms. The number of benzene rings is 2. The van der Waals surface area contributed by atoms with Crippen molar-refractivity contribution in [3.05, 3.63) is 83.2 Å². The van der Waals surface area contributed by atoms with Crippen molar-refractivity contribution in [3.8, 4) is 0 Å². The molecule has 5 rings (SSSR count). The van der Waals surface area contributed by atoms with Crippen molar-refractivity contribution in [2.24, 2.45) is 5.92 Å². The molecule has 8 nitrogen and oxygen atoms in total. The number of ether oxygens (including phenoxy) is 1. The minimum Gasteiger partial charge on any atom is -0.455 e. The first-order valence-corrected chi connectivity index (χ1v) is 13.2. The lowest BCUT2D eigenvalue weighted by Crippen LogP contribution is -2.51. The summed E-state index contributed by atoms with van der Waals surface area (Å²) in [7, 11) is 0. The summed E-state index contributed by atoms with van der Waals surface area (Å²) in [6.45, 7) is 2.28. The van der Waals surface area contributed by atoms with Gasteiger partial charge in [0.2, 0.25) is 5.91 Å². The second-order valence-corrected chi connectivity index (χ2v) is 10.3. The van der Waals surface area contributed by atoms with Gasteiger partial charge < -0.3 is 14.7 Å². The molecule has 2 heterocycles. The fraction of sp³-hybridized carbons (Fsp3) is 0.448. The first-order chi connectivity index (χ1) is 18.0. The number of amides is 1. The van der Waals surface area contributed by atoms with Crippen molar-refractivity contribution in [3.63, 3.8) is 0 Å². The van der Waals surface area contributed by atoms with Gasteiger partial charge in [0.1, 0.15) is 12.3 Å². The standard InChI is InChI=1S/C29H34N4O4/c1-20-12-14-21(15-13-20)25-16-26(27(34)18-32(25)28(35)22-8-4-2-5-9-22)33-17-24(30-31-33)19-37-29(36)23-10-6-3-7-11-23/h3,6-7,10-15,17,22,25-27,34H,2,4-5,8-9,16,18-19H2,1H3/t25-,26+,27+/m1/s1. The molecule has 0 radical (unpaired) electrons. The Hall–Kier alpha value is -3.52. The summed E-state index contributed by atoms with van der Waals surface area (Å²) in [6, 6.07) is 16.6. The van der Waals surface area contributed by atoms with Gasteiger partial charge in [0, 0.05) is 12.5 Å². The maximum absolute atomic E-state index is 13.6. The molecule has 2 fully saturated rings. The molecule has 8 heteroatoms. The zero-order valence-electron chi connectivity index (χ0n) is 21.2. The number of likely N-dealkylation sites (tertiary alicyclic amines) is 1. The lowest BCUT2D eigenvalue weighted by atomic mass is 9.84. The molecule has 1 N–H and O–H groups in total. The SMILES string of the molecule is Cc1ccc([C@H]2C[C@H](n3cc(COC(=O)c4ccccc4)nn3)[C@@H](O)CN2C(=O)C2CCCCC2)cc1. The number of nitrogens with zero attached hydrogens (tertiary/aromatic N) is 4. The van der Waals surface area contributed by atoms with Crippen LogP contribution in [0.5, 0.6) is 0 Å². The molecule has 194 valence electrons. The number of carbonyl (C=O) groups is 2. The molecule has 0 bridgehead atoms. The van der Waals surface area contributed by atoms with Crippen LogP contribution < -0.4 is 0 Å². The molecule has 1 saturated carbocycles. The molecule has 1 aliphatic heterocycles. The number of aromatic nitrogens is 3. The topological polar surface area (TPSA) is 97.6 Å². The molecule has 1 aliphatic carbocycles. The second-order valence-electron chi connectivity index (χ2n) is 10.3. The van der Waals surface area contributed by atoms with Crippen LogP contribution in [0, 0.1) is 12.8 Å². The van der Waals surface area contributed by atoms with Crippen LogP contribution in [-0.4, -0.2) is 49.5 Å². The maximum Gasteiger partial charge on any atom is 0.338 e. The molecular formula is C29H34N4O4. The van der Waals surface area contributed by atoms with E-state index in [2.05, 4.69) is 34.6 Å². The van der Waals surface area contributed by atoms with E-state index < -0.39 is 12.1 Å². The Bertz CT molecular complexity index is 1200. The van der Waals surface area contributed by atoms with Gasteiger partial charge in [-0.1, -0.05) is 72.5 Å². The van der Waals surface area contributed by atoms with Gasteiger partial charge in [-0.05, 0) is 43.9 Å². The molecule has 37 heavy (non-hydrogen) atoms. The van der Waals surface area contributed by atoms with E-state index in [9.17, 15) is 14.7 Å². The summed E-state index contributed by atoms with van der Waals surface area (Å²) in [5.41, 5.74) is 3.20. The summed E-state index contributed by atoms with van der Waals surface area (Å²) in [5, 5.41) is 19.6. The zero-order valence-corrected chi connectivity index (χ0v) is 21.2. The minimum atomic E-state index is -0.782. The Balaban J connectivity index is 1.32. The highest BCUT2D eigenvalue weighted by molar-refractivity contribution is 5.89. The molecule has 1 saturated heterocycles. The molecule has 1 aromatic heterocycles. The van der Waals surface area contributed by atoms with Gasteiger partial charge in [-0.2, -0.15) is 0 Å². The Labute approximate surface area is 217 Å². The van der Waals surface area contributed by atoms with E-state index in [4.69, 9.17) is 4.74 Å². The van der Waals surface area contributed by atoms with Crippen molar-refractivity contribution in [1.29, 1.82) is 0 Å². The van der Waals surface area contributed by atoms with E-state index in [1.165, 1.54) is 6.42 Å². The summed E-state index contributed by atoms with van der Waals surface area (Å²) in [6.07, 6.45) is 6.66. The molecular weight excluding hydrogens is 468 g/mol. The largest absolute Gasteiger partial charge is 0.455 e. The minimum absolute atomic E-state index is 0.00970. The number of piperidine rings is 1. The zero-order chi connectivity index (χ0) is 25.8. The number of esters is 1. The van der Waals surface area contributed by atoms with Crippen LogP contribution in [0.15, 0.2) is 60.8 Å². The number of aliphatic hydroxyl groups excluding tert-OH is 1. The van der Waals surface area contributed by atoms with Crippen molar-refractivity contribution in [2.45, 2.75) is 70.2 Å². The Kier molecular flexibility index (Phi) is 7.65. The van der Waals surface area contributed by atoms with Gasteiger partial charge in [0.25, 0.3) is 0 Å². The summed E-state index contributed by atoms with van der Waals surface area (Å²) in [5.74, 6) is -0.248. The molecule has 2 aliphatic rings. The fourth-order valence-corrected chi connectivity index (χ4v) is 5.52. The molecule has 3 atom stereocenters. The van der Waals surface area contributed by atoms with Crippen molar-refractivity contribution in [1.82, 2.24) is 19.9 Å². The third-order valence-corrected chi connectivity index (χ3v) is 7.63. The monoisotopic (exact) mass is 502 g/mol. The van der Waals surface area contributed by atoms with Crippen LogP contribution in [0.4, 0.5) is 0 Å². The fourth-order valence-electron chi connectivity index (χ4n) is 5.52. The Morgan fingerprint density at radius 2 is 1.76 bits per heavy atom. The van der Waals surface area contributed by atoms with Crippen LogP contribution in [0.1, 0.15) is 77.8 Å². The third-order valence-electron chi connectivity index (χ3n) is 7.63. The van der Waals surface area contributed by atoms with E-state index in [-0.39, 0.29) is 37.1 Å². The first-order valence-electron chi connectivity index (χ1n) is 13.2. The van der Waals surface area contributed by atoms with E-state index in [1.807, 2.05) is 17.9 Å². The Morgan fingerprint density at radius 1 is 1.03 bits per heavy atom. The number of β-amino-alcohol motifs (C(OH)–C–C–N with tert-alkyl or cyclic N) is 1. The smallest absolute Gasteiger partial charge is 0.338 e. The van der Waals surface area contributed by atoms with Gasteiger partial charge in [0.15, 0.2) is 0 Å². The highest BCUT2D eigenvalue weighted by Gasteiger charge is 2.41. The van der Waals surface area contributed by atoms with Gasteiger partial charge in [-0.15, -0.1) is 5.10 Å². The van der Waals surface area contributed by atoms with Gasteiger partial charge in [-0.25, -0.2) is 9.48 Å². The van der Waals surface area contributed by atoms with Gasteiger partial charge >= 0.3 is 5.97 Å². The van der Waals surface area contributed by atoms with Crippen LogP contribution in [0.2, 0.25) is 0 Å². The molecule has 2 aromatic carbocycles. The number of hydrogen-bond donors (Lipinski definition) is 1. The molecule has 1 amide bonds. The first kappa shape index (κ1) is 25.1. The lowest BCUT2D eigenvalue weighted by molar-refractivity contribution is -0.145. The third kappa shape index (κ3) is 5.74. The van der Waals surface area contributed by atoms with Gasteiger partial charge in [-0.3, -0.25) is 4.79 Å². The number of carbonyl (C=O) groups excluding carboxylic acids is 2. The average molecular weight is 503 g/mol. The summed E-state index contributed by atoms with van der Waals surface area (Å²) >= 11 is 0. The van der Waals surface area contributed by atoms with Gasteiger partial charge in [0.05, 0.1) is 29.9 Å². The number of rotatable bonds is 6. The number of aryl methyl sites for hydroxylation is 1. The van der Waals surface area contributed by atoms with Crippen molar-refractivity contribution < 1.29 is 19.4 Å². The van der Waals surface area contributed by atoms with Crippen LogP contribution in [0.25, 0.3) is 0 Å².